The van der Waals surface area contributed by atoms with Crippen molar-refractivity contribution in [3.8, 4) is 0 Å². The van der Waals surface area contributed by atoms with Gasteiger partial charge in [-0.25, -0.2) is 0 Å². The first-order valence-electron chi connectivity index (χ1n) is 33.2. The molecule has 16 nitrogen and oxygen atoms in total. The Morgan fingerprint density at radius 2 is 0.478 bits per heavy atom. The zero-order valence-electron chi connectivity index (χ0n) is 55.5. The van der Waals surface area contributed by atoms with E-state index < -0.39 is 47.8 Å². The van der Waals surface area contributed by atoms with Crippen LogP contribution in [-0.4, -0.2) is 90.0 Å². The summed E-state index contributed by atoms with van der Waals surface area (Å²) in [5.41, 5.74) is 0.447. The number of rotatable bonds is 48. The van der Waals surface area contributed by atoms with E-state index in [0.717, 1.165) is 25.7 Å². The van der Waals surface area contributed by atoms with E-state index >= 15 is 0 Å². The monoisotopic (exact) mass is 1470 g/mol. The quantitative estimate of drug-likeness (QED) is 0.0346. The first kappa shape index (κ1) is 91.2. The van der Waals surface area contributed by atoms with E-state index in [0.29, 0.717) is 48.3 Å². The van der Waals surface area contributed by atoms with Crippen LogP contribution in [-0.2, 0) is 51.2 Å². The molecule has 0 amide bonds. The molecule has 0 radical (unpaired) electrons. The van der Waals surface area contributed by atoms with Gasteiger partial charge >= 0.3 is 139 Å². The minimum Gasteiger partial charge on any atom is -0.545 e. The fourth-order valence-electron chi connectivity index (χ4n) is 8.45. The van der Waals surface area contributed by atoms with Crippen molar-refractivity contribution in [2.24, 2.45) is 0 Å². The van der Waals surface area contributed by atoms with Crippen LogP contribution < -0.4 is 40.9 Å². The second-order valence-corrected chi connectivity index (χ2v) is 30.5. The predicted octanol–water partition coefficient (Wildman–Crippen LogP) is 7.79. The standard InChI is InChI=1S/2C17H30O4.2C11H10O4.4C4H9.2Sn/c2*1-2-3-4-5-6-7-8-9-10-11-12-13-15(17(20)21)14-16(18)19;2*12-10(13)7-9(11(14)15)6-8-4-2-1-3-5-8;4*1-3-4-2;;/h2*14H,2-13H2,1H3,(H,18,19)(H,20,21);2*1-5,7H,6H2,(H,12,13)(H,14,15);4*1,3-4H2,2H3;;/q;;;;;;;;2*+2/p-8/b2*15-14-;2*9-7-;;;;;;. The van der Waals surface area contributed by atoms with E-state index in [9.17, 15) is 79.2 Å². The van der Waals surface area contributed by atoms with Crippen molar-refractivity contribution in [2.75, 3.05) is 0 Å². The molecule has 90 heavy (non-hydrogen) atoms. The molecule has 0 aliphatic carbocycles. The molecule has 2 aromatic rings. The van der Waals surface area contributed by atoms with Crippen LogP contribution in [0.5, 0.6) is 0 Å². The van der Waals surface area contributed by atoms with Gasteiger partial charge in [0, 0.05) is 0 Å². The van der Waals surface area contributed by atoms with Crippen molar-refractivity contribution in [1.82, 2.24) is 0 Å². The van der Waals surface area contributed by atoms with Crippen LogP contribution in [0.25, 0.3) is 0 Å². The largest absolute Gasteiger partial charge is 0.545 e. The zero-order valence-corrected chi connectivity index (χ0v) is 61.2. The minimum atomic E-state index is -1.54. The molecule has 0 saturated heterocycles. The maximum Gasteiger partial charge on any atom is 0.0678 e. The van der Waals surface area contributed by atoms with E-state index in [1.54, 1.807) is 78.4 Å². The number of unbranched alkanes of at least 4 members (excludes halogenated alkanes) is 24. The molecule has 504 valence electrons. The van der Waals surface area contributed by atoms with Gasteiger partial charge in [-0.05, 0) is 96.2 Å². The van der Waals surface area contributed by atoms with Crippen molar-refractivity contribution >= 4 is 90.0 Å². The Morgan fingerprint density at radius 1 is 0.278 bits per heavy atom. The molecule has 0 aromatic heterocycles. The third-order valence-corrected chi connectivity index (χ3v) is 21.7. The van der Waals surface area contributed by atoms with E-state index in [2.05, 4.69) is 41.5 Å². The molecule has 0 spiro atoms. The number of hydrogen-bond donors (Lipinski definition) is 0. The summed E-state index contributed by atoms with van der Waals surface area (Å²) in [5, 5.41) is 83.6. The summed E-state index contributed by atoms with van der Waals surface area (Å²) in [5.74, 6) is -11.8. The maximum absolute atomic E-state index is 10.7. The molecule has 0 aliphatic heterocycles. The minimum absolute atomic E-state index is 0.0111. The Kier molecular flexibility index (Phi) is 70.5. The summed E-state index contributed by atoms with van der Waals surface area (Å²) >= 11 is 0.299. The van der Waals surface area contributed by atoms with Crippen LogP contribution in [0, 0.1) is 0 Å². The molecular weight excluding hydrogens is 1360 g/mol. The average Bonchev–Trinajstić information content (AvgIpc) is 3.63. The van der Waals surface area contributed by atoms with Crippen LogP contribution in [0.2, 0.25) is 17.7 Å². The van der Waals surface area contributed by atoms with E-state index in [1.165, 1.54) is 154 Å². The number of carboxylic acids is 8. The summed E-state index contributed by atoms with van der Waals surface area (Å²) in [7, 11) is 0. The summed E-state index contributed by atoms with van der Waals surface area (Å²) in [6.45, 7) is 13.6. The van der Waals surface area contributed by atoms with Gasteiger partial charge in [0.15, 0.2) is 0 Å². The van der Waals surface area contributed by atoms with Crippen LogP contribution in [0.3, 0.4) is 0 Å². The Hall–Kier alpha value is -5.24. The normalized spacial score (nSPS) is 10.9. The molecule has 0 heterocycles. The van der Waals surface area contributed by atoms with Crippen molar-refractivity contribution < 1.29 is 79.2 Å². The molecule has 0 atom stereocenters. The van der Waals surface area contributed by atoms with E-state index in [-0.39, 0.29) is 90.3 Å². The summed E-state index contributed by atoms with van der Waals surface area (Å²) in [4.78, 5) is 83.6. The Bertz CT molecular complexity index is 2090. The number of hydrogen-bond acceptors (Lipinski definition) is 16. The smallest absolute Gasteiger partial charge is 0.0678 e. The molecule has 2 aromatic carbocycles. The van der Waals surface area contributed by atoms with Crippen molar-refractivity contribution in [2.45, 2.75) is 278 Å². The summed E-state index contributed by atoms with van der Waals surface area (Å²) in [6.07, 6.45) is 40.4. The third-order valence-electron chi connectivity index (χ3n) is 13.6. The first-order chi connectivity index (χ1) is 43.2. The molecular formula is C72H108O16Sn2-4. The second-order valence-electron chi connectivity index (χ2n) is 21.9. The Balaban J connectivity index is -0.000000506. The molecule has 2 rings (SSSR count). The van der Waals surface area contributed by atoms with Gasteiger partial charge in [-0.1, -0.05) is 203 Å². The molecule has 0 unspecified atom stereocenters. The number of carbonyl (C=O) groups is 8. The van der Waals surface area contributed by atoms with Gasteiger partial charge in [0.25, 0.3) is 0 Å². The van der Waals surface area contributed by atoms with Crippen molar-refractivity contribution in [3.63, 3.8) is 0 Å². The molecule has 0 aliphatic rings. The van der Waals surface area contributed by atoms with Gasteiger partial charge in [-0.3, -0.25) is 0 Å². The summed E-state index contributed by atoms with van der Waals surface area (Å²) in [6, 6.07) is 17.3. The number of aliphatic carboxylic acids is 8. The first-order valence-corrected chi connectivity index (χ1v) is 41.2. The molecule has 0 saturated carbocycles. The summed E-state index contributed by atoms with van der Waals surface area (Å²) < 4.78 is 6.50. The van der Waals surface area contributed by atoms with E-state index in [1.807, 2.05) is 0 Å². The predicted molar refractivity (Wildman–Crippen MR) is 345 cm³/mol. The Labute approximate surface area is 561 Å². The third kappa shape index (κ3) is 70.2. The average molecular weight is 1470 g/mol. The second kappa shape index (κ2) is 69.6. The maximum atomic E-state index is 10.7. The van der Waals surface area contributed by atoms with Gasteiger partial charge in [-0.2, -0.15) is 0 Å². The van der Waals surface area contributed by atoms with Gasteiger partial charge in [0.2, 0.25) is 0 Å². The fourth-order valence-corrected chi connectivity index (χ4v) is 16.8. The van der Waals surface area contributed by atoms with Crippen LogP contribution in [0.15, 0.2) is 107 Å². The number of benzene rings is 2. The topological polar surface area (TPSA) is 321 Å². The molecule has 18 heteroatoms. The van der Waals surface area contributed by atoms with Crippen LogP contribution in [0.4, 0.5) is 0 Å². The number of carbonyl (C=O) groups excluding carboxylic acids is 8. The molecule has 0 N–H and O–H groups in total. The van der Waals surface area contributed by atoms with Gasteiger partial charge in [-0.15, -0.1) is 0 Å². The van der Waals surface area contributed by atoms with Crippen molar-refractivity contribution in [3.05, 3.63) is 118 Å². The van der Waals surface area contributed by atoms with Gasteiger partial charge in [0.05, 0.1) is 47.8 Å². The molecule has 0 fully saturated rings. The number of carboxylic acid groups (broad SMARTS) is 8. The molecule has 0 bridgehead atoms. The van der Waals surface area contributed by atoms with Crippen LogP contribution in [0.1, 0.15) is 258 Å². The van der Waals surface area contributed by atoms with Crippen molar-refractivity contribution in [1.29, 1.82) is 0 Å². The Morgan fingerprint density at radius 3 is 0.678 bits per heavy atom. The van der Waals surface area contributed by atoms with E-state index in [4.69, 9.17) is 0 Å². The fraction of sp³-hybridized carbons (Fsp3) is 0.611. The van der Waals surface area contributed by atoms with Crippen LogP contribution >= 0.6 is 0 Å². The van der Waals surface area contributed by atoms with Gasteiger partial charge < -0.3 is 79.2 Å². The van der Waals surface area contributed by atoms with Gasteiger partial charge in [0.1, 0.15) is 0 Å². The SMILES string of the molecule is CCCCCCCCCCCCC/C(=C/C(=O)[O-])C(=O)[O-].CCCCCCCCCCCCC/C(=C/C(=O)[O-])C(=O)[O-].CCC[CH2][Sn+2][CH2]CCC.CCC[CH2][Sn+2][CH2]CCC.O=C([O-])/C=C(/Cc1ccccc1)C(=O)[O-].O=C([O-])/C=C(/Cc1ccccc1)C(=O)[O-]. The zero-order chi connectivity index (χ0) is 68.3.